The van der Waals surface area contributed by atoms with Gasteiger partial charge in [-0.3, -0.25) is 0 Å². The van der Waals surface area contributed by atoms with Gasteiger partial charge in [0.05, 0.1) is 5.41 Å². The molecule has 16 heavy (non-hydrogen) atoms. The van der Waals surface area contributed by atoms with Crippen molar-refractivity contribution in [1.82, 2.24) is 0 Å². The van der Waals surface area contributed by atoms with Crippen LogP contribution in [0.1, 0.15) is 27.7 Å². The van der Waals surface area contributed by atoms with Gasteiger partial charge in [-0.2, -0.15) is 0 Å². The van der Waals surface area contributed by atoms with E-state index in [0.717, 1.165) is 11.5 Å². The topological polar surface area (TPSA) is 38.4 Å². The Balaban J connectivity index is 2.52. The molecule has 0 spiro atoms. The second-order valence-corrected chi connectivity index (χ2v) is 5.22. The number of nitrogens with two attached hydrogens (primary N) is 1. The third-order valence-corrected chi connectivity index (χ3v) is 3.88. The molecule has 0 fully saturated rings. The van der Waals surface area contributed by atoms with E-state index in [1.54, 1.807) is 0 Å². The maximum atomic E-state index is 6.20. The van der Waals surface area contributed by atoms with Gasteiger partial charge in [0.1, 0.15) is 5.84 Å². The van der Waals surface area contributed by atoms with Crippen LogP contribution in [0.15, 0.2) is 40.6 Å². The number of hydrogen-bond donors (Lipinski definition) is 1. The Bertz CT molecular complexity index is 424. The first-order valence-electron chi connectivity index (χ1n) is 5.91. The van der Waals surface area contributed by atoms with Gasteiger partial charge in [-0.05, 0) is 30.4 Å². The molecule has 0 aromatic rings. The molecule has 0 aromatic carbocycles. The number of nitrogens with zero attached hydrogens (tertiary/aromatic N) is 1. The maximum absolute atomic E-state index is 6.20. The van der Waals surface area contributed by atoms with Gasteiger partial charge in [0.15, 0.2) is 0 Å². The Morgan fingerprint density at radius 2 is 2.06 bits per heavy atom. The van der Waals surface area contributed by atoms with Crippen molar-refractivity contribution >= 4 is 5.84 Å². The number of aliphatic imine (C=N–C) groups is 1. The molecule has 0 aromatic heterocycles. The molecule has 1 heterocycles. The summed E-state index contributed by atoms with van der Waals surface area (Å²) in [5.41, 5.74) is 8.43. The second-order valence-electron chi connectivity index (χ2n) is 5.22. The van der Waals surface area contributed by atoms with Gasteiger partial charge in [-0.15, -0.1) is 0 Å². The van der Waals surface area contributed by atoms with Crippen molar-refractivity contribution in [3.05, 3.63) is 35.6 Å². The van der Waals surface area contributed by atoms with Gasteiger partial charge >= 0.3 is 0 Å². The summed E-state index contributed by atoms with van der Waals surface area (Å²) in [5.74, 6) is 1.58. The van der Waals surface area contributed by atoms with Crippen LogP contribution in [0, 0.1) is 17.3 Å². The third-order valence-electron chi connectivity index (χ3n) is 3.88. The number of allylic oxidation sites excluding steroid dienone is 5. The molecule has 0 amide bonds. The summed E-state index contributed by atoms with van der Waals surface area (Å²) in [6, 6.07) is 0. The van der Waals surface area contributed by atoms with Gasteiger partial charge in [-0.25, -0.2) is 4.99 Å². The maximum Gasteiger partial charge on any atom is 0.110 e. The van der Waals surface area contributed by atoms with E-state index < -0.39 is 0 Å². The van der Waals surface area contributed by atoms with Crippen molar-refractivity contribution in [2.24, 2.45) is 28.0 Å². The lowest BCUT2D eigenvalue weighted by Gasteiger charge is -2.30. The Labute approximate surface area is 97.6 Å². The average Bonchev–Trinajstić information content (AvgIpc) is 2.43. The van der Waals surface area contributed by atoms with Crippen molar-refractivity contribution in [1.29, 1.82) is 0 Å². The van der Waals surface area contributed by atoms with E-state index in [4.69, 9.17) is 5.73 Å². The molecule has 2 N–H and O–H groups in total. The van der Waals surface area contributed by atoms with Crippen molar-refractivity contribution in [2.45, 2.75) is 27.7 Å². The molecule has 2 rings (SSSR count). The Hall–Kier alpha value is -1.31. The molecule has 86 valence electrons. The molecule has 1 aliphatic carbocycles. The van der Waals surface area contributed by atoms with Crippen LogP contribution in [0.25, 0.3) is 0 Å². The molecule has 2 atom stereocenters. The van der Waals surface area contributed by atoms with Crippen LogP contribution in [0.4, 0.5) is 0 Å². The van der Waals surface area contributed by atoms with Crippen LogP contribution in [-0.2, 0) is 0 Å². The predicted octanol–water partition coefficient (Wildman–Crippen LogP) is 3.04. The van der Waals surface area contributed by atoms with E-state index in [1.165, 1.54) is 5.57 Å². The smallest absolute Gasteiger partial charge is 0.110 e. The van der Waals surface area contributed by atoms with Crippen molar-refractivity contribution in [3.8, 4) is 0 Å². The minimum atomic E-state index is -0.118. The summed E-state index contributed by atoms with van der Waals surface area (Å²) in [7, 11) is 0. The second kappa shape index (κ2) is 3.62. The van der Waals surface area contributed by atoms with E-state index in [9.17, 15) is 0 Å². The SMILES string of the molecule is CC(C)C1=CC=C2C=CC(C)C2(C)C(N)=N1. The predicted molar refractivity (Wildman–Crippen MR) is 69.0 cm³/mol. The largest absolute Gasteiger partial charge is 0.386 e. The highest BCUT2D eigenvalue weighted by Gasteiger charge is 2.41. The molecule has 2 heteroatoms. The standard InChI is InChI=1S/C14H20N2/c1-9(2)12-8-7-11-6-5-10(3)14(11,4)13(15)16-12/h5-10H,1-4H3,(H2,15,16). The van der Waals surface area contributed by atoms with E-state index in [0.29, 0.717) is 11.8 Å². The monoisotopic (exact) mass is 216 g/mol. The first kappa shape index (κ1) is 11.2. The summed E-state index contributed by atoms with van der Waals surface area (Å²) >= 11 is 0. The number of fused-ring (bicyclic) bond motifs is 1. The van der Waals surface area contributed by atoms with Crippen molar-refractivity contribution < 1.29 is 0 Å². The highest BCUT2D eigenvalue weighted by molar-refractivity contribution is 5.92. The van der Waals surface area contributed by atoms with Crippen LogP contribution >= 0.6 is 0 Å². The molecule has 0 radical (unpaired) electrons. The summed E-state index contributed by atoms with van der Waals surface area (Å²) in [6.07, 6.45) is 8.65. The van der Waals surface area contributed by atoms with E-state index >= 15 is 0 Å². The number of amidine groups is 1. The van der Waals surface area contributed by atoms with E-state index in [-0.39, 0.29) is 5.41 Å². The summed E-state index contributed by atoms with van der Waals surface area (Å²) in [6.45, 7) is 8.66. The fourth-order valence-electron chi connectivity index (χ4n) is 2.28. The van der Waals surface area contributed by atoms with Gasteiger partial charge < -0.3 is 5.73 Å². The van der Waals surface area contributed by atoms with Gasteiger partial charge in [-0.1, -0.05) is 39.0 Å². The van der Waals surface area contributed by atoms with Crippen molar-refractivity contribution in [2.75, 3.05) is 0 Å². The van der Waals surface area contributed by atoms with Gasteiger partial charge in [0.2, 0.25) is 0 Å². The highest BCUT2D eigenvalue weighted by atomic mass is 14.9. The summed E-state index contributed by atoms with van der Waals surface area (Å²) in [5, 5.41) is 0. The van der Waals surface area contributed by atoms with Crippen LogP contribution in [0.2, 0.25) is 0 Å². The van der Waals surface area contributed by atoms with Crippen LogP contribution < -0.4 is 5.73 Å². The quantitative estimate of drug-likeness (QED) is 0.719. The van der Waals surface area contributed by atoms with Gasteiger partial charge in [0, 0.05) is 5.70 Å². The zero-order valence-corrected chi connectivity index (χ0v) is 10.5. The molecule has 1 aliphatic heterocycles. The minimum Gasteiger partial charge on any atom is -0.386 e. The highest BCUT2D eigenvalue weighted by Crippen LogP contribution is 2.44. The molecular weight excluding hydrogens is 196 g/mol. The van der Waals surface area contributed by atoms with E-state index in [1.807, 2.05) is 0 Å². The first-order chi connectivity index (χ1) is 7.46. The third kappa shape index (κ3) is 1.44. The summed E-state index contributed by atoms with van der Waals surface area (Å²) in [4.78, 5) is 4.60. The average molecular weight is 216 g/mol. The molecule has 2 unspecified atom stereocenters. The normalized spacial score (nSPS) is 33.1. The molecular formula is C14H20N2. The Morgan fingerprint density at radius 3 is 2.69 bits per heavy atom. The molecule has 2 nitrogen and oxygen atoms in total. The molecule has 2 aliphatic rings. The molecule has 0 bridgehead atoms. The fourth-order valence-corrected chi connectivity index (χ4v) is 2.28. The minimum absolute atomic E-state index is 0.118. The Kier molecular flexibility index (Phi) is 2.53. The molecule has 0 saturated heterocycles. The van der Waals surface area contributed by atoms with Crippen LogP contribution in [0.3, 0.4) is 0 Å². The first-order valence-corrected chi connectivity index (χ1v) is 5.91. The fraction of sp³-hybridized carbons (Fsp3) is 0.500. The zero-order valence-electron chi connectivity index (χ0n) is 10.5. The van der Waals surface area contributed by atoms with E-state index in [2.05, 4.69) is 57.0 Å². The Morgan fingerprint density at radius 1 is 1.38 bits per heavy atom. The summed E-state index contributed by atoms with van der Waals surface area (Å²) < 4.78 is 0. The zero-order chi connectivity index (χ0) is 11.9. The van der Waals surface area contributed by atoms with Crippen molar-refractivity contribution in [3.63, 3.8) is 0 Å². The lowest BCUT2D eigenvalue weighted by atomic mass is 9.76. The van der Waals surface area contributed by atoms with Crippen LogP contribution in [-0.4, -0.2) is 5.84 Å². The number of rotatable bonds is 1. The lowest BCUT2D eigenvalue weighted by Crippen LogP contribution is -2.38. The molecule has 0 saturated carbocycles. The number of hydrogen-bond acceptors (Lipinski definition) is 2. The lowest BCUT2D eigenvalue weighted by molar-refractivity contribution is 0.457. The van der Waals surface area contributed by atoms with Crippen LogP contribution in [0.5, 0.6) is 0 Å². The van der Waals surface area contributed by atoms with Gasteiger partial charge in [0.25, 0.3) is 0 Å².